The summed E-state index contributed by atoms with van der Waals surface area (Å²) < 4.78 is 4.63. The first kappa shape index (κ1) is 19.4. The number of hydrogen-bond donors (Lipinski definition) is 0. The maximum absolute atomic E-state index is 5.40. The van der Waals surface area contributed by atoms with Gasteiger partial charge in [0.2, 0.25) is 0 Å². The van der Waals surface area contributed by atoms with Gasteiger partial charge in [-0.05, 0) is 53.0 Å². The Bertz CT molecular complexity index is 1410. The fourth-order valence-electron chi connectivity index (χ4n) is 3.48. The number of hydrogen-bond acceptors (Lipinski definition) is 6. The second kappa shape index (κ2) is 7.92. The average molecular weight is 476 g/mol. The maximum atomic E-state index is 5.40. The van der Waals surface area contributed by atoms with E-state index in [4.69, 9.17) is 4.84 Å². The summed E-state index contributed by atoms with van der Waals surface area (Å²) in [5.41, 5.74) is 4.62. The highest BCUT2D eigenvalue weighted by molar-refractivity contribution is 9.10. The summed E-state index contributed by atoms with van der Waals surface area (Å²) in [7, 11) is 0. The van der Waals surface area contributed by atoms with Crippen LogP contribution in [-0.4, -0.2) is 35.3 Å². The largest absolute Gasteiger partial charge is 0.387 e. The molecule has 0 aliphatic carbocycles. The summed E-state index contributed by atoms with van der Waals surface area (Å²) in [6.45, 7) is 4.28. The van der Waals surface area contributed by atoms with Crippen LogP contribution >= 0.6 is 15.9 Å². The number of aromatic nitrogens is 6. The molecule has 0 amide bonds. The number of fused-ring (bicyclic) bond motifs is 3. The van der Waals surface area contributed by atoms with Gasteiger partial charge in [-0.3, -0.25) is 4.57 Å². The predicted octanol–water partition coefficient (Wildman–Crippen LogP) is 4.39. The molecule has 0 atom stereocenters. The van der Waals surface area contributed by atoms with Crippen molar-refractivity contribution in [3.63, 3.8) is 0 Å². The van der Waals surface area contributed by atoms with Crippen molar-refractivity contribution >= 4 is 38.8 Å². The Balaban J connectivity index is 1.49. The van der Waals surface area contributed by atoms with Crippen LogP contribution in [0.2, 0.25) is 0 Å². The van der Waals surface area contributed by atoms with E-state index >= 15 is 0 Å². The molecular formula is C22H18BrN7O. The maximum Gasteiger partial charge on any atom is 0.192 e. The zero-order valence-electron chi connectivity index (χ0n) is 16.9. The van der Waals surface area contributed by atoms with E-state index in [-0.39, 0.29) is 6.61 Å². The summed E-state index contributed by atoms with van der Waals surface area (Å²) in [5.74, 6) is 1.33. The van der Waals surface area contributed by atoms with Crippen molar-refractivity contribution in [2.75, 3.05) is 0 Å². The Hall–Kier alpha value is -3.59. The zero-order chi connectivity index (χ0) is 21.4. The third-order valence-corrected chi connectivity index (χ3v) is 5.56. The van der Waals surface area contributed by atoms with Crippen LogP contribution in [0.3, 0.4) is 0 Å². The Morgan fingerprint density at radius 1 is 1.06 bits per heavy atom. The van der Waals surface area contributed by atoms with Gasteiger partial charge in [-0.15, -0.1) is 5.10 Å². The van der Waals surface area contributed by atoms with Gasteiger partial charge < -0.3 is 4.84 Å². The van der Waals surface area contributed by atoms with Crippen LogP contribution in [0, 0.1) is 13.8 Å². The van der Waals surface area contributed by atoms with Crippen LogP contribution in [0.25, 0.3) is 22.5 Å². The molecule has 31 heavy (non-hydrogen) atoms. The minimum atomic E-state index is 0.166. The van der Waals surface area contributed by atoms with Crippen LogP contribution in [0.1, 0.15) is 22.6 Å². The molecule has 0 saturated heterocycles. The number of rotatable bonds is 5. The summed E-state index contributed by atoms with van der Waals surface area (Å²) >= 11 is 3.44. The summed E-state index contributed by atoms with van der Waals surface area (Å²) in [4.78, 5) is 19.2. The second-order valence-corrected chi connectivity index (χ2v) is 7.95. The lowest BCUT2D eigenvalue weighted by molar-refractivity contribution is 0.126. The number of nitrogens with zero attached hydrogens (tertiary/aromatic N) is 7. The third kappa shape index (κ3) is 3.57. The minimum absolute atomic E-state index is 0.166. The Kier molecular flexibility index (Phi) is 4.95. The average Bonchev–Trinajstić information content (AvgIpc) is 3.31. The van der Waals surface area contributed by atoms with Gasteiger partial charge in [0.1, 0.15) is 12.1 Å². The SMILES string of the molecule is Cc1c(C)n(-c2ccc(Br)cn2)c2ncn3nc(CO/N=C/c4ccccc4)nc3c12. The van der Waals surface area contributed by atoms with Gasteiger partial charge in [0.25, 0.3) is 0 Å². The summed E-state index contributed by atoms with van der Waals surface area (Å²) in [5, 5.41) is 9.43. The van der Waals surface area contributed by atoms with Gasteiger partial charge in [0.15, 0.2) is 23.7 Å². The van der Waals surface area contributed by atoms with E-state index in [1.54, 1.807) is 23.3 Å². The molecule has 5 rings (SSSR count). The van der Waals surface area contributed by atoms with Crippen molar-refractivity contribution in [2.24, 2.45) is 5.16 Å². The molecule has 0 unspecified atom stereocenters. The van der Waals surface area contributed by atoms with Crippen molar-refractivity contribution in [3.05, 3.63) is 82.1 Å². The molecule has 0 N–H and O–H groups in total. The van der Waals surface area contributed by atoms with Gasteiger partial charge in [-0.1, -0.05) is 35.5 Å². The molecule has 5 aromatic rings. The van der Waals surface area contributed by atoms with Gasteiger partial charge in [0, 0.05) is 16.4 Å². The summed E-state index contributed by atoms with van der Waals surface area (Å²) in [6, 6.07) is 13.7. The highest BCUT2D eigenvalue weighted by atomic mass is 79.9. The van der Waals surface area contributed by atoms with E-state index in [0.717, 1.165) is 43.8 Å². The number of aryl methyl sites for hydroxylation is 1. The molecule has 154 valence electrons. The molecule has 0 aliphatic rings. The molecule has 0 fully saturated rings. The lowest BCUT2D eigenvalue weighted by atomic mass is 10.2. The van der Waals surface area contributed by atoms with Crippen molar-refractivity contribution < 1.29 is 4.84 Å². The topological polar surface area (TPSA) is 82.5 Å². The van der Waals surface area contributed by atoms with Crippen molar-refractivity contribution in [2.45, 2.75) is 20.5 Å². The number of pyridine rings is 1. The van der Waals surface area contributed by atoms with E-state index in [1.165, 1.54) is 0 Å². The van der Waals surface area contributed by atoms with Crippen LogP contribution in [-0.2, 0) is 11.4 Å². The number of oxime groups is 1. The van der Waals surface area contributed by atoms with Gasteiger partial charge in [-0.25, -0.2) is 19.5 Å². The van der Waals surface area contributed by atoms with Crippen LogP contribution in [0.4, 0.5) is 0 Å². The fourth-order valence-corrected chi connectivity index (χ4v) is 3.71. The quantitative estimate of drug-likeness (QED) is 0.278. The first-order chi connectivity index (χ1) is 15.1. The highest BCUT2D eigenvalue weighted by Gasteiger charge is 2.19. The molecule has 0 bridgehead atoms. The first-order valence-corrected chi connectivity index (χ1v) is 10.5. The lowest BCUT2D eigenvalue weighted by Gasteiger charge is -2.06. The molecular weight excluding hydrogens is 458 g/mol. The van der Waals surface area contributed by atoms with Crippen molar-refractivity contribution in [1.29, 1.82) is 0 Å². The Morgan fingerprint density at radius 2 is 1.90 bits per heavy atom. The van der Waals surface area contributed by atoms with Gasteiger partial charge >= 0.3 is 0 Å². The Labute approximate surface area is 186 Å². The van der Waals surface area contributed by atoms with Crippen molar-refractivity contribution in [3.8, 4) is 5.82 Å². The van der Waals surface area contributed by atoms with Gasteiger partial charge in [0.05, 0.1) is 11.6 Å². The molecule has 8 nitrogen and oxygen atoms in total. The molecule has 0 saturated carbocycles. The van der Waals surface area contributed by atoms with E-state index in [1.807, 2.05) is 47.0 Å². The lowest BCUT2D eigenvalue weighted by Crippen LogP contribution is -2.01. The van der Waals surface area contributed by atoms with Gasteiger partial charge in [-0.2, -0.15) is 0 Å². The molecule has 9 heteroatoms. The van der Waals surface area contributed by atoms with E-state index < -0.39 is 0 Å². The van der Waals surface area contributed by atoms with Crippen LogP contribution in [0.15, 0.2) is 64.6 Å². The predicted molar refractivity (Wildman–Crippen MR) is 121 cm³/mol. The fraction of sp³-hybridized carbons (Fsp3) is 0.136. The normalized spacial score (nSPS) is 11.7. The van der Waals surface area contributed by atoms with E-state index in [9.17, 15) is 0 Å². The zero-order valence-corrected chi connectivity index (χ0v) is 18.5. The van der Waals surface area contributed by atoms with Crippen LogP contribution < -0.4 is 0 Å². The number of benzene rings is 1. The van der Waals surface area contributed by atoms with Crippen LogP contribution in [0.5, 0.6) is 0 Å². The number of halogens is 1. The third-order valence-electron chi connectivity index (χ3n) is 5.09. The van der Waals surface area contributed by atoms with Crippen molar-refractivity contribution in [1.82, 2.24) is 29.1 Å². The smallest absolute Gasteiger partial charge is 0.192 e. The Morgan fingerprint density at radius 3 is 2.68 bits per heavy atom. The first-order valence-electron chi connectivity index (χ1n) is 9.66. The second-order valence-electron chi connectivity index (χ2n) is 7.04. The molecule has 4 heterocycles. The van der Waals surface area contributed by atoms with E-state index in [0.29, 0.717) is 5.82 Å². The molecule has 0 spiro atoms. The minimum Gasteiger partial charge on any atom is -0.387 e. The van der Waals surface area contributed by atoms with E-state index in [2.05, 4.69) is 55.0 Å². The molecule has 4 aromatic heterocycles. The highest BCUT2D eigenvalue weighted by Crippen LogP contribution is 2.29. The molecule has 1 aromatic carbocycles. The molecule has 0 radical (unpaired) electrons. The molecule has 0 aliphatic heterocycles. The monoisotopic (exact) mass is 475 g/mol. The summed E-state index contributed by atoms with van der Waals surface area (Å²) in [6.07, 6.45) is 5.10. The standard InChI is InChI=1S/C22H18BrN7O/c1-14-15(2)30(19-9-8-17(23)11-24-19)21-20(14)22-27-18(28-29(22)13-25-21)12-31-26-10-16-6-4-3-5-7-16/h3-11,13H,12H2,1-2H3/b26-10+.